The number of ether oxygens (including phenoxy) is 2. The Morgan fingerprint density at radius 2 is 1.89 bits per heavy atom. The van der Waals surface area contributed by atoms with Gasteiger partial charge < -0.3 is 9.47 Å². The first kappa shape index (κ1) is 17.3. The van der Waals surface area contributed by atoms with Crippen molar-refractivity contribution in [3.05, 3.63) is 82.0 Å². The van der Waals surface area contributed by atoms with Crippen molar-refractivity contribution in [2.45, 2.75) is 38.6 Å². The van der Waals surface area contributed by atoms with Crippen LogP contribution in [0.25, 0.3) is 0 Å². The number of nitrogens with zero attached hydrogens (tertiary/aromatic N) is 2. The molecular formula is C23H22N2O2S. The van der Waals surface area contributed by atoms with Crippen LogP contribution >= 0.6 is 11.3 Å². The summed E-state index contributed by atoms with van der Waals surface area (Å²) in [5.41, 5.74) is 3.41. The fraction of sp³-hybridized carbons (Fsp3) is 0.261. The van der Waals surface area contributed by atoms with Crippen LogP contribution in [0.15, 0.2) is 71.1 Å². The lowest BCUT2D eigenvalue weighted by molar-refractivity contribution is -0.0190. The molecule has 2 aliphatic rings. The minimum Gasteiger partial charge on any atom is -0.491 e. The third-order valence-corrected chi connectivity index (χ3v) is 5.96. The van der Waals surface area contributed by atoms with Crippen molar-refractivity contribution in [3.63, 3.8) is 0 Å². The van der Waals surface area contributed by atoms with Gasteiger partial charge in [0.1, 0.15) is 11.5 Å². The second kappa shape index (κ2) is 6.99. The van der Waals surface area contributed by atoms with Crippen LogP contribution in [-0.4, -0.2) is 16.8 Å². The maximum atomic E-state index is 6.40. The van der Waals surface area contributed by atoms with Gasteiger partial charge >= 0.3 is 0 Å². The average molecular weight is 391 g/mol. The van der Waals surface area contributed by atoms with Crippen LogP contribution in [0, 0.1) is 0 Å². The number of thiophene rings is 1. The Morgan fingerprint density at radius 1 is 1.07 bits per heavy atom. The van der Waals surface area contributed by atoms with Crippen LogP contribution in [0.3, 0.4) is 0 Å². The number of hydrazone groups is 1. The van der Waals surface area contributed by atoms with E-state index in [1.165, 1.54) is 10.4 Å². The van der Waals surface area contributed by atoms with Gasteiger partial charge in [-0.25, -0.2) is 5.01 Å². The highest BCUT2D eigenvalue weighted by molar-refractivity contribution is 7.12. The molecule has 0 saturated carbocycles. The summed E-state index contributed by atoms with van der Waals surface area (Å²) in [4.78, 5) is 1.23. The molecule has 3 heterocycles. The maximum Gasteiger partial charge on any atom is 0.213 e. The van der Waals surface area contributed by atoms with Crippen molar-refractivity contribution in [2.75, 3.05) is 0 Å². The van der Waals surface area contributed by atoms with Gasteiger partial charge in [-0.15, -0.1) is 11.3 Å². The largest absolute Gasteiger partial charge is 0.491 e. The van der Waals surface area contributed by atoms with Gasteiger partial charge in [0.05, 0.1) is 22.7 Å². The standard InChI is InChI=1S/C23H22N2O2S/c1-15(2)26-17-11-9-16(10-12-17)23-25-20(18-6-3-4-7-21(18)27-23)14-19(24-25)22-8-5-13-28-22/h3-13,15,20,23H,14H2,1-2H3. The number of para-hydroxylation sites is 1. The summed E-state index contributed by atoms with van der Waals surface area (Å²) in [7, 11) is 0. The Kier molecular flexibility index (Phi) is 4.32. The molecular weight excluding hydrogens is 368 g/mol. The Balaban J connectivity index is 1.52. The Labute approximate surface area is 169 Å². The lowest BCUT2D eigenvalue weighted by Gasteiger charge is -2.38. The molecule has 4 nitrogen and oxygen atoms in total. The molecule has 2 aliphatic heterocycles. The predicted molar refractivity (Wildman–Crippen MR) is 112 cm³/mol. The molecule has 5 rings (SSSR count). The summed E-state index contributed by atoms with van der Waals surface area (Å²) in [6.45, 7) is 4.06. The normalized spacial score (nSPS) is 20.4. The first-order valence-electron chi connectivity index (χ1n) is 9.61. The van der Waals surface area contributed by atoms with Gasteiger partial charge in [-0.05, 0) is 55.6 Å². The second-order valence-corrected chi connectivity index (χ2v) is 8.32. The minimum atomic E-state index is -0.245. The summed E-state index contributed by atoms with van der Waals surface area (Å²) in [5.74, 6) is 1.81. The molecule has 1 aromatic heterocycles. The quantitative estimate of drug-likeness (QED) is 0.566. The van der Waals surface area contributed by atoms with Crippen LogP contribution in [0.2, 0.25) is 0 Å². The molecule has 5 heteroatoms. The predicted octanol–water partition coefficient (Wildman–Crippen LogP) is 5.78. The molecule has 2 unspecified atom stereocenters. The SMILES string of the molecule is CC(C)Oc1ccc(C2Oc3ccccc3C3CC(c4cccs4)=NN32)cc1. The molecule has 0 bridgehead atoms. The van der Waals surface area contributed by atoms with Gasteiger partial charge in [0.2, 0.25) is 6.23 Å². The van der Waals surface area contributed by atoms with Crippen LogP contribution in [0.5, 0.6) is 11.5 Å². The zero-order valence-corrected chi connectivity index (χ0v) is 16.7. The Hall–Kier alpha value is -2.79. The number of hydrogen-bond donors (Lipinski definition) is 0. The van der Waals surface area contributed by atoms with E-state index in [9.17, 15) is 0 Å². The van der Waals surface area contributed by atoms with E-state index in [1.54, 1.807) is 11.3 Å². The van der Waals surface area contributed by atoms with E-state index in [4.69, 9.17) is 14.6 Å². The lowest BCUT2D eigenvalue weighted by Crippen LogP contribution is -2.33. The number of hydrogen-bond acceptors (Lipinski definition) is 5. The van der Waals surface area contributed by atoms with Crippen molar-refractivity contribution < 1.29 is 9.47 Å². The maximum absolute atomic E-state index is 6.40. The summed E-state index contributed by atoms with van der Waals surface area (Å²) in [6, 6.07) is 20.9. The van der Waals surface area contributed by atoms with Gasteiger partial charge in [-0.1, -0.05) is 24.3 Å². The molecule has 0 radical (unpaired) electrons. The third-order valence-electron chi connectivity index (χ3n) is 5.04. The van der Waals surface area contributed by atoms with Crippen LogP contribution in [0.4, 0.5) is 0 Å². The number of rotatable bonds is 4. The molecule has 28 heavy (non-hydrogen) atoms. The molecule has 142 valence electrons. The molecule has 2 atom stereocenters. The van der Waals surface area contributed by atoms with Crippen LogP contribution < -0.4 is 9.47 Å². The van der Waals surface area contributed by atoms with E-state index in [0.717, 1.165) is 29.2 Å². The fourth-order valence-electron chi connectivity index (χ4n) is 3.83. The van der Waals surface area contributed by atoms with Crippen molar-refractivity contribution in [2.24, 2.45) is 5.10 Å². The molecule has 0 N–H and O–H groups in total. The molecule has 0 amide bonds. The van der Waals surface area contributed by atoms with Gasteiger partial charge in [0, 0.05) is 17.5 Å². The van der Waals surface area contributed by atoms with Gasteiger partial charge in [-0.2, -0.15) is 5.10 Å². The highest BCUT2D eigenvalue weighted by Crippen LogP contribution is 2.47. The zero-order valence-electron chi connectivity index (χ0n) is 15.9. The second-order valence-electron chi connectivity index (χ2n) is 7.37. The Morgan fingerprint density at radius 3 is 2.64 bits per heavy atom. The summed E-state index contributed by atoms with van der Waals surface area (Å²) in [6.07, 6.45) is 0.807. The van der Waals surface area contributed by atoms with Gasteiger partial charge in [-0.3, -0.25) is 0 Å². The van der Waals surface area contributed by atoms with E-state index < -0.39 is 0 Å². The molecule has 0 saturated heterocycles. The van der Waals surface area contributed by atoms with Crippen molar-refractivity contribution in [1.82, 2.24) is 5.01 Å². The fourth-order valence-corrected chi connectivity index (χ4v) is 4.55. The minimum absolute atomic E-state index is 0.157. The highest BCUT2D eigenvalue weighted by atomic mass is 32.1. The van der Waals surface area contributed by atoms with Crippen molar-refractivity contribution in [3.8, 4) is 11.5 Å². The van der Waals surface area contributed by atoms with Gasteiger partial charge in [0.15, 0.2) is 0 Å². The smallest absolute Gasteiger partial charge is 0.213 e. The van der Waals surface area contributed by atoms with E-state index in [1.807, 2.05) is 32.0 Å². The molecule has 0 aliphatic carbocycles. The Bertz CT molecular complexity index is 996. The lowest BCUT2D eigenvalue weighted by atomic mass is 9.98. The van der Waals surface area contributed by atoms with Crippen molar-refractivity contribution in [1.29, 1.82) is 0 Å². The van der Waals surface area contributed by atoms with E-state index in [2.05, 4.69) is 52.9 Å². The van der Waals surface area contributed by atoms with Crippen LogP contribution in [-0.2, 0) is 0 Å². The number of benzene rings is 2. The zero-order chi connectivity index (χ0) is 19.1. The molecule has 0 fully saturated rings. The first-order chi connectivity index (χ1) is 13.7. The summed E-state index contributed by atoms with van der Waals surface area (Å²) >= 11 is 1.74. The molecule has 3 aromatic rings. The first-order valence-corrected chi connectivity index (χ1v) is 10.5. The van der Waals surface area contributed by atoms with E-state index >= 15 is 0 Å². The monoisotopic (exact) mass is 390 g/mol. The highest BCUT2D eigenvalue weighted by Gasteiger charge is 2.40. The molecule has 2 aromatic carbocycles. The topological polar surface area (TPSA) is 34.1 Å². The van der Waals surface area contributed by atoms with Gasteiger partial charge in [0.25, 0.3) is 0 Å². The summed E-state index contributed by atoms with van der Waals surface area (Å²) in [5, 5.41) is 9.21. The number of fused-ring (bicyclic) bond motifs is 3. The van der Waals surface area contributed by atoms with E-state index in [0.29, 0.717) is 0 Å². The third kappa shape index (κ3) is 3.06. The summed E-state index contributed by atoms with van der Waals surface area (Å²) < 4.78 is 12.2. The van der Waals surface area contributed by atoms with Crippen molar-refractivity contribution >= 4 is 17.0 Å². The average Bonchev–Trinajstić information content (AvgIpc) is 3.37. The molecule has 0 spiro atoms. The van der Waals surface area contributed by atoms with E-state index in [-0.39, 0.29) is 18.4 Å². The van der Waals surface area contributed by atoms with Crippen LogP contribution in [0.1, 0.15) is 48.5 Å².